The number of phenols is 1. The van der Waals surface area contributed by atoms with Crippen molar-refractivity contribution in [3.63, 3.8) is 0 Å². The zero-order chi connectivity index (χ0) is 82.4. The lowest BCUT2D eigenvalue weighted by atomic mass is 10.1. The van der Waals surface area contributed by atoms with E-state index < -0.39 is 0 Å². The number of phenolic OH excluding ortho intramolecular Hbond substituents is 1. The van der Waals surface area contributed by atoms with Crippen molar-refractivity contribution in [2.24, 2.45) is 15.0 Å². The van der Waals surface area contributed by atoms with E-state index in [0.717, 1.165) is 106 Å². The molecule has 2 unspecified atom stereocenters. The predicted octanol–water partition coefficient (Wildman–Crippen LogP) is 14.9. The second-order valence-corrected chi connectivity index (χ2v) is 38.0. The van der Waals surface area contributed by atoms with Crippen LogP contribution in [-0.2, 0) is 106 Å². The van der Waals surface area contributed by atoms with Gasteiger partial charge >= 0.3 is 0 Å². The lowest BCUT2D eigenvalue weighted by molar-refractivity contribution is 0.0505. The Balaban J connectivity index is 0.000000209. The average molecular weight is 1650 g/mol. The Morgan fingerprint density at radius 1 is 0.466 bits per heavy atom. The number of nitrogens with zero attached hydrogens (tertiary/aromatic N) is 8. The SMILES string of the molecule is CCCOCCOCCN(CC(C)(C)S(C)=S)c1cc(CO)cc(CO)c1.CCCOCCOCCN(CC(C)(C)S(C)=S)c1cc(COc2cc3c(cc2C)C(=O)N2c4ccccc4C[C@H]2C=N3)cc(COc2cc3c(cc2OC)C(=O)N2c4ccccc4C[C@H]2C=N3)c1.Cc1cc2c(cc1O)N=C[C@@H]1Cc3ccccc3N1C2=O. The third kappa shape index (κ3) is 20.5. The zero-order valence-corrected chi connectivity index (χ0v) is 71.6. The Labute approximate surface area is 696 Å². The summed E-state index contributed by atoms with van der Waals surface area (Å²) in [7, 11) is 1.11. The predicted molar refractivity (Wildman–Crippen MR) is 475 cm³/mol. The van der Waals surface area contributed by atoms with Gasteiger partial charge in [0.1, 0.15) is 24.7 Å². The van der Waals surface area contributed by atoms with E-state index in [2.05, 4.69) is 99.2 Å². The molecular formula is C91H108N8O13S4. The monoisotopic (exact) mass is 1650 g/mol. The van der Waals surface area contributed by atoms with Gasteiger partial charge in [0.25, 0.3) is 17.7 Å². The topological polar surface area (TPSA) is 230 Å². The Hall–Kier alpha value is -9.12. The summed E-state index contributed by atoms with van der Waals surface area (Å²) in [6.07, 6.45) is 13.9. The molecule has 6 heterocycles. The van der Waals surface area contributed by atoms with Gasteiger partial charge < -0.3 is 58.3 Å². The lowest BCUT2D eigenvalue weighted by Gasteiger charge is -2.35. The van der Waals surface area contributed by atoms with Crippen LogP contribution in [0.25, 0.3) is 0 Å². The third-order valence-corrected chi connectivity index (χ3v) is 27.6. The maximum Gasteiger partial charge on any atom is 0.261 e. The number of aromatic hydroxyl groups is 1. The second kappa shape index (κ2) is 39.4. The molecule has 14 rings (SSSR count). The fourth-order valence-electron chi connectivity index (χ4n) is 14.9. The van der Waals surface area contributed by atoms with Crippen LogP contribution in [0.5, 0.6) is 23.0 Å². The van der Waals surface area contributed by atoms with Crippen LogP contribution in [0.15, 0.2) is 161 Å². The fourth-order valence-corrected chi connectivity index (χ4v) is 15.9. The molecule has 0 aromatic heterocycles. The molecule has 0 spiro atoms. The number of para-hydroxylation sites is 3. The zero-order valence-electron chi connectivity index (χ0n) is 68.3. The van der Waals surface area contributed by atoms with Crippen LogP contribution in [0.1, 0.15) is 136 Å². The molecule has 25 heteroatoms. The van der Waals surface area contributed by atoms with Gasteiger partial charge in [-0.15, -0.1) is 18.9 Å². The van der Waals surface area contributed by atoms with Gasteiger partial charge in [-0.05, 0) is 184 Å². The number of amides is 3. The molecule has 21 nitrogen and oxygen atoms in total. The molecule has 6 aliphatic heterocycles. The number of rotatable bonds is 33. The van der Waals surface area contributed by atoms with Crippen LogP contribution < -0.4 is 38.7 Å². The number of aliphatic hydroxyl groups is 2. The highest BCUT2D eigenvalue weighted by molar-refractivity contribution is 8.29. The molecule has 116 heavy (non-hydrogen) atoms. The minimum absolute atomic E-state index is 0.0336. The number of hydrogen-bond acceptors (Lipinski definition) is 20. The molecule has 0 radical (unpaired) electrons. The molecule has 0 bridgehead atoms. The molecule has 5 atom stereocenters. The summed E-state index contributed by atoms with van der Waals surface area (Å²) in [5.74, 6) is 1.47. The molecule has 3 amide bonds. The first kappa shape index (κ1) is 86.2. The number of carbonyl (C=O) groups is 3. The fraction of sp³-hybridized carbons (Fsp3) is 0.407. The summed E-state index contributed by atoms with van der Waals surface area (Å²) >= 11 is 11.4. The van der Waals surface area contributed by atoms with Crippen LogP contribution in [0.3, 0.4) is 0 Å². The van der Waals surface area contributed by atoms with E-state index in [1.807, 2.05) is 120 Å². The van der Waals surface area contributed by atoms with Gasteiger partial charge in [0.05, 0.1) is 112 Å². The minimum Gasteiger partial charge on any atom is -0.508 e. The van der Waals surface area contributed by atoms with Gasteiger partial charge in [-0.3, -0.25) is 44.1 Å². The number of aliphatic hydroxyl groups excluding tert-OH is 2. The van der Waals surface area contributed by atoms with E-state index in [0.29, 0.717) is 129 Å². The molecule has 8 aromatic rings. The van der Waals surface area contributed by atoms with Crippen molar-refractivity contribution in [1.82, 2.24) is 0 Å². The number of ether oxygens (including phenoxy) is 7. The quantitative estimate of drug-likeness (QED) is 0.0325. The number of anilines is 5. The molecule has 0 saturated heterocycles. The van der Waals surface area contributed by atoms with Crippen LogP contribution in [0, 0.1) is 13.8 Å². The Morgan fingerprint density at radius 3 is 1.23 bits per heavy atom. The highest BCUT2D eigenvalue weighted by Gasteiger charge is 2.40. The molecule has 3 N–H and O–H groups in total. The summed E-state index contributed by atoms with van der Waals surface area (Å²) in [6.45, 7) is 24.6. The number of aryl methyl sites for hydroxylation is 2. The Kier molecular flexibility index (Phi) is 29.3. The van der Waals surface area contributed by atoms with Crippen LogP contribution >= 0.6 is 0 Å². The van der Waals surface area contributed by atoms with Gasteiger partial charge in [0.2, 0.25) is 0 Å². The first-order valence-electron chi connectivity index (χ1n) is 39.7. The maximum absolute atomic E-state index is 14.1. The van der Waals surface area contributed by atoms with Crippen molar-refractivity contribution < 1.29 is 62.9 Å². The van der Waals surface area contributed by atoms with E-state index in [1.54, 1.807) is 49.4 Å². The van der Waals surface area contributed by atoms with Gasteiger partial charge in [-0.1, -0.05) is 96.9 Å². The molecular weight excluding hydrogens is 1540 g/mol. The van der Waals surface area contributed by atoms with Gasteiger partial charge in [0.15, 0.2) is 11.5 Å². The standard InChI is InChI=1S/C54H59N5O7S2.C20H35NO4S2.C17H14N2O2/c1-7-17-63-19-20-64-18-16-57(34-54(3,4)68(6)67)40-23-36(32-65-49-28-45-43(21-35(49)2)52(60)58-41(30-55-45)25-38-12-8-10-14-47(38)58)22-37(24-40)33-66-51-29-46-44(27-50(51)62-5)53(61)59-42(31-56-46)26-39-13-9-11-15-48(39)59;1-5-7-24-9-10-25-8-6-21(16-20(2,3)27(4)26)19-12-17(14-22)11-18(13-19)15-23;1-10-6-13-14(8-16(10)20)18-9-12-7-11-4-2-3-5-15(11)19(12)17(13)21/h8-15,21-24,27-31,41-42H,7,16-20,25-26,32-34H2,1-6H3;11-13,22-23H,5-10,14-16H2,1-4H3;2-6,8-9,12,20H,7H2,1H3/t41-,42-,68?;;12-/m0.0/s1. The normalized spacial score (nSPS) is 16.5. The first-order valence-corrected chi connectivity index (χ1v) is 44.8. The highest BCUT2D eigenvalue weighted by atomic mass is 32.8. The van der Waals surface area contributed by atoms with Crippen molar-refractivity contribution in [3.05, 3.63) is 212 Å². The van der Waals surface area contributed by atoms with Crippen molar-refractivity contribution in [2.45, 2.75) is 142 Å². The number of hydrogen-bond donors (Lipinski definition) is 3. The van der Waals surface area contributed by atoms with Gasteiger partial charge in [-0.25, -0.2) is 0 Å². The maximum atomic E-state index is 14.1. The molecule has 0 aliphatic carbocycles. The first-order chi connectivity index (χ1) is 55.9. The van der Waals surface area contributed by atoms with Gasteiger partial charge in [-0.2, -0.15) is 0 Å². The van der Waals surface area contributed by atoms with Crippen LogP contribution in [0.4, 0.5) is 45.5 Å². The summed E-state index contributed by atoms with van der Waals surface area (Å²) < 4.78 is 41.8. The van der Waals surface area contributed by atoms with Crippen LogP contribution in [0.2, 0.25) is 0 Å². The van der Waals surface area contributed by atoms with E-state index >= 15 is 0 Å². The third-order valence-electron chi connectivity index (χ3n) is 21.5. The summed E-state index contributed by atoms with van der Waals surface area (Å²) in [4.78, 5) is 65.3. The molecule has 0 fully saturated rings. The number of benzene rings is 8. The van der Waals surface area contributed by atoms with E-state index in [4.69, 9.17) is 65.5 Å². The lowest BCUT2D eigenvalue weighted by Crippen LogP contribution is -2.43. The molecule has 6 aliphatic rings. The number of aliphatic imine (C=N–C) groups is 3. The minimum atomic E-state index is -0.301. The Bertz CT molecular complexity index is 4990. The smallest absolute Gasteiger partial charge is 0.261 e. The summed E-state index contributed by atoms with van der Waals surface area (Å²) in [6, 6.07) is 46.4. The van der Waals surface area contributed by atoms with E-state index in [-0.39, 0.29) is 96.4 Å². The molecule has 0 saturated carbocycles. The molecule has 8 aromatic carbocycles. The van der Waals surface area contributed by atoms with Crippen molar-refractivity contribution in [2.75, 3.05) is 123 Å². The number of fused-ring (bicyclic) bond motifs is 12. The van der Waals surface area contributed by atoms with Crippen molar-refractivity contribution in [1.29, 1.82) is 0 Å². The van der Waals surface area contributed by atoms with Crippen molar-refractivity contribution in [3.8, 4) is 23.0 Å². The van der Waals surface area contributed by atoms with Crippen molar-refractivity contribution >= 4 is 123 Å². The largest absolute Gasteiger partial charge is 0.508 e. The van der Waals surface area contributed by atoms with Crippen LogP contribution in [-0.4, -0.2) is 178 Å². The average Bonchev–Trinajstić information content (AvgIpc) is 1.62. The highest BCUT2D eigenvalue weighted by Crippen LogP contribution is 2.44. The summed E-state index contributed by atoms with van der Waals surface area (Å²) in [5.41, 5.74) is 16.3. The molecule has 614 valence electrons. The number of methoxy groups -OCH3 is 1. The van der Waals surface area contributed by atoms with E-state index in [9.17, 15) is 29.7 Å². The summed E-state index contributed by atoms with van der Waals surface area (Å²) in [5, 5.41) is 28.9. The second-order valence-electron chi connectivity index (χ2n) is 31.0. The van der Waals surface area contributed by atoms with E-state index in [1.165, 1.54) is 5.56 Å². The Morgan fingerprint density at radius 2 is 0.828 bits per heavy atom. The van der Waals surface area contributed by atoms with Gasteiger partial charge in [0, 0.05) is 133 Å². The number of carbonyl (C=O) groups excluding carboxylic acids is 3.